The monoisotopic (exact) mass is 354 g/mol. The summed E-state index contributed by atoms with van der Waals surface area (Å²) in [5, 5.41) is 12.9. The van der Waals surface area contributed by atoms with Crippen LogP contribution in [0, 0.1) is 6.92 Å². The summed E-state index contributed by atoms with van der Waals surface area (Å²) in [6, 6.07) is 6.61. The van der Waals surface area contributed by atoms with Crippen LogP contribution in [0.15, 0.2) is 35.0 Å². The third-order valence-electron chi connectivity index (χ3n) is 5.40. The summed E-state index contributed by atoms with van der Waals surface area (Å²) < 4.78 is 10.0. The van der Waals surface area contributed by atoms with Crippen molar-refractivity contribution in [3.05, 3.63) is 42.2 Å². The molecule has 7 heteroatoms. The van der Waals surface area contributed by atoms with Gasteiger partial charge in [-0.15, -0.1) is 10.2 Å². The summed E-state index contributed by atoms with van der Waals surface area (Å²) in [4.78, 5) is 2.49. The molecule has 0 amide bonds. The Hall–Kier alpha value is -2.41. The Bertz CT molecular complexity index is 834. The summed E-state index contributed by atoms with van der Waals surface area (Å²) in [6.07, 6.45) is 8.70. The van der Waals surface area contributed by atoms with Gasteiger partial charge in [0.25, 0.3) is 5.89 Å². The molecule has 1 aliphatic heterocycles. The van der Waals surface area contributed by atoms with Crippen molar-refractivity contribution in [2.24, 2.45) is 7.05 Å². The van der Waals surface area contributed by atoms with Crippen molar-refractivity contribution in [1.82, 2.24) is 29.4 Å². The van der Waals surface area contributed by atoms with Crippen LogP contribution in [-0.2, 0) is 20.1 Å². The molecule has 1 saturated heterocycles. The second kappa shape index (κ2) is 7.45. The first-order valence-electron chi connectivity index (χ1n) is 9.37. The smallest absolute Gasteiger partial charge is 0.264 e. The normalized spacial score (nSPS) is 18.5. The van der Waals surface area contributed by atoms with Gasteiger partial charge in [-0.25, -0.2) is 0 Å². The lowest BCUT2D eigenvalue weighted by Crippen LogP contribution is -2.39. The molecule has 3 aromatic rings. The lowest BCUT2D eigenvalue weighted by Gasteiger charge is -2.34. The van der Waals surface area contributed by atoms with Crippen LogP contribution in [0.25, 0.3) is 11.6 Å². The molecule has 1 atom stereocenters. The lowest BCUT2D eigenvalue weighted by atomic mass is 9.99. The van der Waals surface area contributed by atoms with Crippen molar-refractivity contribution in [3.8, 4) is 11.6 Å². The lowest BCUT2D eigenvalue weighted by molar-refractivity contribution is 0.116. The molecule has 0 radical (unpaired) electrons. The Balaban J connectivity index is 1.42. The molecule has 0 saturated carbocycles. The molecular formula is C19H26N6O. The average Bonchev–Trinajstić information content (AvgIpc) is 3.38. The number of aryl methyl sites for hydroxylation is 2. The van der Waals surface area contributed by atoms with Crippen LogP contribution >= 0.6 is 0 Å². The molecule has 1 fully saturated rings. The van der Waals surface area contributed by atoms with E-state index in [0.717, 1.165) is 31.7 Å². The second-order valence-electron chi connectivity index (χ2n) is 7.10. The van der Waals surface area contributed by atoms with Gasteiger partial charge in [0, 0.05) is 37.7 Å². The standard InChI is InChI=1S/C19H26N6O/c1-15-7-8-17(23(15)2)19-22-21-18(26-19)14-24-11-4-3-6-16(24)9-13-25-12-5-10-20-25/h5,7-8,10,12,16H,3-4,6,9,11,13-14H2,1-2H3/t16-/m0/s1. The van der Waals surface area contributed by atoms with E-state index in [4.69, 9.17) is 4.42 Å². The van der Waals surface area contributed by atoms with E-state index in [9.17, 15) is 0 Å². The fourth-order valence-electron chi connectivity index (χ4n) is 3.73. The predicted molar refractivity (Wildman–Crippen MR) is 98.3 cm³/mol. The first-order chi connectivity index (χ1) is 12.7. The molecule has 26 heavy (non-hydrogen) atoms. The Morgan fingerprint density at radius 1 is 1.23 bits per heavy atom. The van der Waals surface area contributed by atoms with Gasteiger partial charge in [0.15, 0.2) is 0 Å². The van der Waals surface area contributed by atoms with Gasteiger partial charge in [-0.1, -0.05) is 6.42 Å². The number of nitrogens with zero attached hydrogens (tertiary/aromatic N) is 6. The number of rotatable bonds is 6. The summed E-state index contributed by atoms with van der Waals surface area (Å²) in [6.45, 7) is 4.83. The fraction of sp³-hybridized carbons (Fsp3) is 0.526. The van der Waals surface area contributed by atoms with Crippen LogP contribution < -0.4 is 0 Å². The molecule has 0 N–H and O–H groups in total. The minimum atomic E-state index is 0.542. The summed E-state index contributed by atoms with van der Waals surface area (Å²) in [7, 11) is 2.02. The summed E-state index contributed by atoms with van der Waals surface area (Å²) in [5.74, 6) is 1.30. The Labute approximate surface area is 153 Å². The molecular weight excluding hydrogens is 328 g/mol. The van der Waals surface area contributed by atoms with E-state index < -0.39 is 0 Å². The average molecular weight is 354 g/mol. The Kier molecular flexibility index (Phi) is 4.88. The van der Waals surface area contributed by atoms with E-state index >= 15 is 0 Å². The van der Waals surface area contributed by atoms with E-state index in [1.54, 1.807) is 0 Å². The first-order valence-corrected chi connectivity index (χ1v) is 9.37. The van der Waals surface area contributed by atoms with Crippen molar-refractivity contribution in [2.45, 2.75) is 51.7 Å². The van der Waals surface area contributed by atoms with Crippen molar-refractivity contribution >= 4 is 0 Å². The molecule has 0 aromatic carbocycles. The number of likely N-dealkylation sites (tertiary alicyclic amines) is 1. The summed E-state index contributed by atoms with van der Waals surface area (Å²) in [5.41, 5.74) is 2.14. The zero-order valence-electron chi connectivity index (χ0n) is 15.5. The van der Waals surface area contributed by atoms with Crippen LogP contribution in [0.1, 0.15) is 37.3 Å². The van der Waals surface area contributed by atoms with Crippen molar-refractivity contribution in [3.63, 3.8) is 0 Å². The maximum Gasteiger partial charge on any atom is 0.264 e. The van der Waals surface area contributed by atoms with E-state index in [2.05, 4.69) is 37.8 Å². The number of piperidine rings is 1. The molecule has 0 unspecified atom stereocenters. The third kappa shape index (κ3) is 3.58. The largest absolute Gasteiger partial charge is 0.418 e. The molecule has 0 aliphatic carbocycles. The van der Waals surface area contributed by atoms with Gasteiger partial charge in [0.05, 0.1) is 6.54 Å². The Morgan fingerprint density at radius 3 is 2.92 bits per heavy atom. The highest BCUT2D eigenvalue weighted by Gasteiger charge is 2.24. The molecule has 1 aliphatic rings. The van der Waals surface area contributed by atoms with Gasteiger partial charge in [0.1, 0.15) is 5.69 Å². The molecule has 3 aromatic heterocycles. The van der Waals surface area contributed by atoms with Crippen LogP contribution in [0.5, 0.6) is 0 Å². The zero-order chi connectivity index (χ0) is 17.9. The van der Waals surface area contributed by atoms with Gasteiger partial charge in [-0.2, -0.15) is 5.10 Å². The third-order valence-corrected chi connectivity index (χ3v) is 5.40. The van der Waals surface area contributed by atoms with Crippen LogP contribution in [0.4, 0.5) is 0 Å². The van der Waals surface area contributed by atoms with Crippen molar-refractivity contribution < 1.29 is 4.42 Å². The molecule has 0 spiro atoms. The van der Waals surface area contributed by atoms with E-state index in [0.29, 0.717) is 17.8 Å². The van der Waals surface area contributed by atoms with Crippen LogP contribution in [-0.4, -0.2) is 42.0 Å². The fourth-order valence-corrected chi connectivity index (χ4v) is 3.73. The quantitative estimate of drug-likeness (QED) is 0.681. The minimum absolute atomic E-state index is 0.542. The molecule has 0 bridgehead atoms. The maximum absolute atomic E-state index is 5.96. The maximum atomic E-state index is 5.96. The SMILES string of the molecule is Cc1ccc(-c2nnc(CN3CCCC[C@H]3CCn3cccn3)o2)n1C. The van der Waals surface area contributed by atoms with Crippen molar-refractivity contribution in [1.29, 1.82) is 0 Å². The van der Waals surface area contributed by atoms with E-state index in [-0.39, 0.29) is 0 Å². The van der Waals surface area contributed by atoms with Crippen molar-refractivity contribution in [2.75, 3.05) is 6.54 Å². The molecule has 7 nitrogen and oxygen atoms in total. The Morgan fingerprint density at radius 2 is 2.15 bits per heavy atom. The van der Waals surface area contributed by atoms with Gasteiger partial charge in [0.2, 0.25) is 5.89 Å². The minimum Gasteiger partial charge on any atom is -0.418 e. The molecule has 4 heterocycles. The van der Waals surface area contributed by atoms with Crippen LogP contribution in [0.3, 0.4) is 0 Å². The zero-order valence-corrected chi connectivity index (χ0v) is 15.5. The summed E-state index contributed by atoms with van der Waals surface area (Å²) >= 11 is 0. The van der Waals surface area contributed by atoms with Gasteiger partial charge in [-0.3, -0.25) is 9.58 Å². The number of hydrogen-bond acceptors (Lipinski definition) is 5. The van der Waals surface area contributed by atoms with Gasteiger partial charge < -0.3 is 8.98 Å². The molecule has 138 valence electrons. The van der Waals surface area contributed by atoms with Crippen LogP contribution in [0.2, 0.25) is 0 Å². The van der Waals surface area contributed by atoms with E-state index in [1.165, 1.54) is 25.0 Å². The first kappa shape index (κ1) is 17.0. The van der Waals surface area contributed by atoms with Gasteiger partial charge >= 0.3 is 0 Å². The highest BCUT2D eigenvalue weighted by molar-refractivity contribution is 5.48. The highest BCUT2D eigenvalue weighted by atomic mass is 16.4. The van der Waals surface area contributed by atoms with E-state index in [1.807, 2.05) is 36.3 Å². The highest BCUT2D eigenvalue weighted by Crippen LogP contribution is 2.24. The predicted octanol–water partition coefficient (Wildman–Crippen LogP) is 3.02. The van der Waals surface area contributed by atoms with Gasteiger partial charge in [-0.05, 0) is 50.9 Å². The molecule has 4 rings (SSSR count). The number of aromatic nitrogens is 5. The topological polar surface area (TPSA) is 64.9 Å². The second-order valence-corrected chi connectivity index (χ2v) is 7.10. The number of hydrogen-bond donors (Lipinski definition) is 0.